The van der Waals surface area contributed by atoms with E-state index in [1.807, 2.05) is 60.7 Å². The van der Waals surface area contributed by atoms with E-state index in [0.29, 0.717) is 16.5 Å². The number of hydrogen-bond donors (Lipinski definition) is 1. The van der Waals surface area contributed by atoms with E-state index in [-0.39, 0.29) is 24.9 Å². The van der Waals surface area contributed by atoms with Crippen molar-refractivity contribution in [3.05, 3.63) is 105 Å². The van der Waals surface area contributed by atoms with Gasteiger partial charge < -0.3 is 10.0 Å². The Morgan fingerprint density at radius 2 is 1.65 bits per heavy atom. The molecule has 1 aliphatic heterocycles. The standard InChI is InChI=1S/C25H21Cl2NO3/c26-17-10-11-18-20(13-17)22(19-8-4-5-9-23(19)27)14-28(15-24(29)30)25(31)21(18)12-16-6-2-1-3-7-16/h1-11,13,21-22H,12,14-15H2,(H,29,30)/t21-,22-/m1/s1. The Bertz CT molecular complexity index is 1120. The molecule has 0 bridgehead atoms. The van der Waals surface area contributed by atoms with Gasteiger partial charge in [-0.3, -0.25) is 9.59 Å². The number of aliphatic carboxylic acids is 1. The van der Waals surface area contributed by atoms with Gasteiger partial charge in [0.05, 0.1) is 5.92 Å². The first-order valence-electron chi connectivity index (χ1n) is 10.0. The van der Waals surface area contributed by atoms with Gasteiger partial charge in [-0.15, -0.1) is 0 Å². The first-order chi connectivity index (χ1) is 14.9. The summed E-state index contributed by atoms with van der Waals surface area (Å²) in [6.45, 7) is -0.152. The van der Waals surface area contributed by atoms with Gasteiger partial charge in [0.25, 0.3) is 0 Å². The van der Waals surface area contributed by atoms with Crippen LogP contribution in [0.25, 0.3) is 0 Å². The molecule has 0 aromatic heterocycles. The molecule has 6 heteroatoms. The molecular formula is C25H21Cl2NO3. The number of benzene rings is 3. The van der Waals surface area contributed by atoms with Gasteiger partial charge in [0, 0.05) is 22.5 Å². The minimum atomic E-state index is -1.05. The Morgan fingerprint density at radius 1 is 0.935 bits per heavy atom. The van der Waals surface area contributed by atoms with Crippen molar-refractivity contribution in [3.63, 3.8) is 0 Å². The van der Waals surface area contributed by atoms with Gasteiger partial charge in [-0.1, -0.05) is 77.8 Å². The van der Waals surface area contributed by atoms with Crippen LogP contribution in [0, 0.1) is 0 Å². The molecule has 1 amide bonds. The van der Waals surface area contributed by atoms with Crippen molar-refractivity contribution in [2.45, 2.75) is 18.3 Å². The van der Waals surface area contributed by atoms with Crippen LogP contribution in [0.5, 0.6) is 0 Å². The van der Waals surface area contributed by atoms with Crippen LogP contribution < -0.4 is 0 Å². The summed E-state index contributed by atoms with van der Waals surface area (Å²) in [6, 6.07) is 22.7. The van der Waals surface area contributed by atoms with E-state index in [1.165, 1.54) is 4.90 Å². The lowest BCUT2D eigenvalue weighted by molar-refractivity contribution is -0.145. The summed E-state index contributed by atoms with van der Waals surface area (Å²) in [5.41, 5.74) is 3.61. The Balaban J connectivity index is 1.88. The molecule has 3 aromatic rings. The summed E-state index contributed by atoms with van der Waals surface area (Å²) in [5, 5.41) is 10.6. The number of hydrogen-bond acceptors (Lipinski definition) is 2. The molecule has 0 aliphatic carbocycles. The second-order valence-electron chi connectivity index (χ2n) is 7.70. The molecule has 4 rings (SSSR count). The molecule has 0 unspecified atom stereocenters. The molecule has 3 aromatic carbocycles. The zero-order valence-electron chi connectivity index (χ0n) is 16.7. The maximum absolute atomic E-state index is 13.6. The van der Waals surface area contributed by atoms with Crippen molar-refractivity contribution in [1.82, 2.24) is 4.90 Å². The fourth-order valence-electron chi connectivity index (χ4n) is 4.30. The molecule has 0 radical (unpaired) electrons. The Morgan fingerprint density at radius 3 is 2.35 bits per heavy atom. The Labute approximate surface area is 191 Å². The fourth-order valence-corrected chi connectivity index (χ4v) is 4.75. The van der Waals surface area contributed by atoms with Gasteiger partial charge in [0.1, 0.15) is 6.54 Å². The highest BCUT2D eigenvalue weighted by molar-refractivity contribution is 6.31. The first-order valence-corrected chi connectivity index (χ1v) is 10.8. The minimum absolute atomic E-state index is 0.204. The predicted molar refractivity (Wildman–Crippen MR) is 122 cm³/mol. The summed E-state index contributed by atoms with van der Waals surface area (Å²) >= 11 is 12.9. The van der Waals surface area contributed by atoms with Crippen LogP contribution in [0.3, 0.4) is 0 Å². The van der Waals surface area contributed by atoms with Crippen LogP contribution in [0.1, 0.15) is 34.1 Å². The average molecular weight is 454 g/mol. The third-order valence-corrected chi connectivity index (χ3v) is 6.28. The van der Waals surface area contributed by atoms with E-state index >= 15 is 0 Å². The molecule has 1 N–H and O–H groups in total. The van der Waals surface area contributed by atoms with E-state index in [9.17, 15) is 14.7 Å². The number of nitrogens with zero attached hydrogens (tertiary/aromatic N) is 1. The van der Waals surface area contributed by atoms with Crippen LogP contribution in [0.15, 0.2) is 72.8 Å². The van der Waals surface area contributed by atoms with E-state index in [1.54, 1.807) is 12.1 Å². The molecule has 0 saturated carbocycles. The number of carbonyl (C=O) groups excluding carboxylic acids is 1. The molecule has 0 spiro atoms. The third-order valence-electron chi connectivity index (χ3n) is 5.70. The van der Waals surface area contributed by atoms with Gasteiger partial charge in [-0.25, -0.2) is 0 Å². The van der Waals surface area contributed by atoms with Gasteiger partial charge in [0.15, 0.2) is 0 Å². The van der Waals surface area contributed by atoms with Crippen molar-refractivity contribution in [2.75, 3.05) is 13.1 Å². The van der Waals surface area contributed by atoms with Crippen LogP contribution in [-0.2, 0) is 16.0 Å². The van der Waals surface area contributed by atoms with Crippen LogP contribution >= 0.6 is 23.2 Å². The van der Waals surface area contributed by atoms with E-state index in [0.717, 1.165) is 22.3 Å². The smallest absolute Gasteiger partial charge is 0.323 e. The minimum Gasteiger partial charge on any atom is -0.480 e. The zero-order chi connectivity index (χ0) is 22.0. The number of carboxylic acid groups (broad SMARTS) is 1. The van der Waals surface area contributed by atoms with Crippen molar-refractivity contribution in [3.8, 4) is 0 Å². The van der Waals surface area contributed by atoms with E-state index < -0.39 is 11.9 Å². The topological polar surface area (TPSA) is 57.6 Å². The molecule has 2 atom stereocenters. The number of rotatable bonds is 5. The molecule has 1 aliphatic rings. The van der Waals surface area contributed by atoms with Crippen LogP contribution in [0.4, 0.5) is 0 Å². The number of carboxylic acids is 1. The summed E-state index contributed by atoms with van der Waals surface area (Å²) < 4.78 is 0. The maximum atomic E-state index is 13.6. The average Bonchev–Trinajstić information content (AvgIpc) is 2.85. The normalized spacial score (nSPS) is 18.4. The van der Waals surface area contributed by atoms with Gasteiger partial charge in [0.2, 0.25) is 5.91 Å². The molecule has 1 heterocycles. The highest BCUT2D eigenvalue weighted by Crippen LogP contribution is 2.41. The second kappa shape index (κ2) is 9.13. The monoisotopic (exact) mass is 453 g/mol. The lowest BCUT2D eigenvalue weighted by Gasteiger charge is -2.25. The summed E-state index contributed by atoms with van der Waals surface area (Å²) in [5.74, 6) is -2.05. The quantitative estimate of drug-likeness (QED) is 0.564. The highest BCUT2D eigenvalue weighted by atomic mass is 35.5. The highest BCUT2D eigenvalue weighted by Gasteiger charge is 2.37. The fraction of sp³-hybridized carbons (Fsp3) is 0.200. The number of amides is 1. The molecule has 0 saturated heterocycles. The summed E-state index contributed by atoms with van der Waals surface area (Å²) in [7, 11) is 0. The SMILES string of the molecule is O=C(O)CN1C[C@H](c2ccccc2Cl)c2cc(Cl)ccc2[C@@H](Cc2ccccc2)C1=O. The largest absolute Gasteiger partial charge is 0.480 e. The summed E-state index contributed by atoms with van der Waals surface area (Å²) in [6.07, 6.45) is 0.472. The van der Waals surface area contributed by atoms with E-state index in [2.05, 4.69) is 0 Å². The van der Waals surface area contributed by atoms with Crippen LogP contribution in [0.2, 0.25) is 10.0 Å². The lowest BCUT2D eigenvalue weighted by atomic mass is 9.83. The van der Waals surface area contributed by atoms with Crippen molar-refractivity contribution < 1.29 is 14.7 Å². The van der Waals surface area contributed by atoms with Crippen molar-refractivity contribution in [2.24, 2.45) is 0 Å². The zero-order valence-corrected chi connectivity index (χ0v) is 18.2. The molecule has 4 nitrogen and oxygen atoms in total. The Hall–Kier alpha value is -2.82. The predicted octanol–water partition coefficient (Wildman–Crippen LogP) is 5.38. The third kappa shape index (κ3) is 4.60. The first kappa shape index (κ1) is 21.4. The van der Waals surface area contributed by atoms with Gasteiger partial charge in [-0.05, 0) is 46.9 Å². The second-order valence-corrected chi connectivity index (χ2v) is 8.55. The van der Waals surface area contributed by atoms with Gasteiger partial charge in [-0.2, -0.15) is 0 Å². The molecule has 158 valence electrons. The van der Waals surface area contributed by atoms with E-state index in [4.69, 9.17) is 23.2 Å². The summed E-state index contributed by atoms with van der Waals surface area (Å²) in [4.78, 5) is 26.6. The molecular weight excluding hydrogens is 433 g/mol. The van der Waals surface area contributed by atoms with Crippen molar-refractivity contribution in [1.29, 1.82) is 0 Å². The molecule has 31 heavy (non-hydrogen) atoms. The lowest BCUT2D eigenvalue weighted by Crippen LogP contribution is -2.40. The molecule has 0 fully saturated rings. The Kier molecular flexibility index (Phi) is 6.30. The number of halogens is 2. The van der Waals surface area contributed by atoms with Crippen LogP contribution in [-0.4, -0.2) is 35.0 Å². The number of carbonyl (C=O) groups is 2. The van der Waals surface area contributed by atoms with Crippen molar-refractivity contribution >= 4 is 35.1 Å². The van der Waals surface area contributed by atoms with Gasteiger partial charge >= 0.3 is 5.97 Å². The maximum Gasteiger partial charge on any atom is 0.323 e. The number of fused-ring (bicyclic) bond motifs is 1.